The van der Waals surface area contributed by atoms with Gasteiger partial charge in [0.1, 0.15) is 11.6 Å². The van der Waals surface area contributed by atoms with Gasteiger partial charge in [-0.15, -0.1) is 0 Å². The highest BCUT2D eigenvalue weighted by molar-refractivity contribution is 5.64. The van der Waals surface area contributed by atoms with Gasteiger partial charge in [0.05, 0.1) is 24.2 Å². The summed E-state index contributed by atoms with van der Waals surface area (Å²) in [6, 6.07) is 13.6. The summed E-state index contributed by atoms with van der Waals surface area (Å²) in [5.74, 6) is 0.912. The molecule has 7 heteroatoms. The van der Waals surface area contributed by atoms with E-state index in [1.54, 1.807) is 30.5 Å². The highest BCUT2D eigenvalue weighted by atomic mass is 19.1. The number of hydrogen-bond acceptors (Lipinski definition) is 4. The zero-order valence-electron chi connectivity index (χ0n) is 15.8. The molecule has 0 spiro atoms. The van der Waals surface area contributed by atoms with Gasteiger partial charge in [0.15, 0.2) is 5.65 Å². The standard InChI is InChI=1S/C22H21FN4O2/c23-17-4-1-3-16(11-17)20-12-21-24-19(13-22(28)27(21)25-20)15-6-8-26(9-7-15)14-18-5-2-10-29-18/h1-5,10-13,15,25H,6-9,14H2. The molecule has 0 aliphatic carbocycles. The van der Waals surface area contributed by atoms with Crippen LogP contribution in [0.5, 0.6) is 0 Å². The zero-order valence-corrected chi connectivity index (χ0v) is 15.8. The summed E-state index contributed by atoms with van der Waals surface area (Å²) in [6.07, 6.45) is 3.60. The van der Waals surface area contributed by atoms with Crippen LogP contribution < -0.4 is 5.56 Å². The van der Waals surface area contributed by atoms with Crippen molar-refractivity contribution >= 4 is 5.65 Å². The lowest BCUT2D eigenvalue weighted by Gasteiger charge is -2.30. The molecule has 3 aromatic heterocycles. The maximum absolute atomic E-state index is 13.5. The lowest BCUT2D eigenvalue weighted by Crippen LogP contribution is -2.33. The molecule has 5 rings (SSSR count). The Morgan fingerprint density at radius 3 is 2.76 bits per heavy atom. The van der Waals surface area contributed by atoms with E-state index in [0.717, 1.165) is 43.9 Å². The molecule has 1 aliphatic heterocycles. The van der Waals surface area contributed by atoms with Crippen molar-refractivity contribution < 1.29 is 8.81 Å². The van der Waals surface area contributed by atoms with Gasteiger partial charge in [-0.2, -0.15) is 0 Å². The minimum atomic E-state index is -0.316. The number of rotatable bonds is 4. The molecular weight excluding hydrogens is 371 g/mol. The fourth-order valence-electron chi connectivity index (χ4n) is 4.03. The van der Waals surface area contributed by atoms with Crippen LogP contribution in [0.25, 0.3) is 16.9 Å². The second-order valence-electron chi connectivity index (χ2n) is 7.52. The molecule has 1 fully saturated rings. The highest BCUT2D eigenvalue weighted by Gasteiger charge is 2.23. The van der Waals surface area contributed by atoms with E-state index in [9.17, 15) is 9.18 Å². The Morgan fingerprint density at radius 2 is 2.00 bits per heavy atom. The number of aromatic nitrogens is 3. The number of benzene rings is 1. The number of fused-ring (bicyclic) bond motifs is 1. The summed E-state index contributed by atoms with van der Waals surface area (Å²) in [5, 5.41) is 3.03. The van der Waals surface area contributed by atoms with Crippen molar-refractivity contribution in [1.29, 1.82) is 0 Å². The summed E-state index contributed by atoms with van der Waals surface area (Å²) in [4.78, 5) is 19.7. The normalized spacial score (nSPS) is 15.9. The lowest BCUT2D eigenvalue weighted by molar-refractivity contribution is 0.189. The molecular formula is C22H21FN4O2. The van der Waals surface area contributed by atoms with E-state index < -0.39 is 0 Å². The van der Waals surface area contributed by atoms with Crippen molar-refractivity contribution in [3.8, 4) is 11.3 Å². The largest absolute Gasteiger partial charge is 0.468 e. The van der Waals surface area contributed by atoms with E-state index in [0.29, 0.717) is 16.9 Å². The van der Waals surface area contributed by atoms with Crippen LogP contribution in [-0.2, 0) is 6.54 Å². The SMILES string of the molecule is O=c1cc(C2CCN(Cc3ccco3)CC2)nc2cc(-c3cccc(F)c3)[nH]n12. The van der Waals surface area contributed by atoms with Gasteiger partial charge in [0, 0.05) is 23.6 Å². The third-order valence-electron chi connectivity index (χ3n) is 5.57. The number of halogens is 1. The first kappa shape index (κ1) is 17.9. The number of H-pyrrole nitrogens is 1. The second-order valence-corrected chi connectivity index (χ2v) is 7.52. The first-order valence-corrected chi connectivity index (χ1v) is 9.79. The second kappa shape index (κ2) is 7.33. The van der Waals surface area contributed by atoms with Gasteiger partial charge in [-0.3, -0.25) is 14.8 Å². The van der Waals surface area contributed by atoms with E-state index in [1.165, 1.54) is 16.6 Å². The lowest BCUT2D eigenvalue weighted by atomic mass is 9.93. The molecule has 0 saturated carbocycles. The van der Waals surface area contributed by atoms with Crippen LogP contribution >= 0.6 is 0 Å². The number of furan rings is 1. The number of hydrogen-bond donors (Lipinski definition) is 1. The predicted octanol–water partition coefficient (Wildman–Crippen LogP) is 3.80. The van der Waals surface area contributed by atoms with E-state index in [-0.39, 0.29) is 17.3 Å². The van der Waals surface area contributed by atoms with Crippen molar-refractivity contribution in [1.82, 2.24) is 19.5 Å². The maximum atomic E-state index is 13.5. The highest BCUT2D eigenvalue weighted by Crippen LogP contribution is 2.28. The first-order chi connectivity index (χ1) is 14.2. The van der Waals surface area contributed by atoms with Gasteiger partial charge >= 0.3 is 0 Å². The summed E-state index contributed by atoms with van der Waals surface area (Å²) in [6.45, 7) is 2.69. The molecule has 1 saturated heterocycles. The Bertz CT molecular complexity index is 1190. The topological polar surface area (TPSA) is 66.5 Å². The third-order valence-corrected chi connectivity index (χ3v) is 5.57. The molecule has 4 aromatic rings. The molecule has 4 heterocycles. The molecule has 1 aliphatic rings. The molecule has 1 aromatic carbocycles. The Labute approximate surface area is 166 Å². The van der Waals surface area contributed by atoms with Crippen molar-refractivity contribution in [2.45, 2.75) is 25.3 Å². The zero-order chi connectivity index (χ0) is 19.8. The summed E-state index contributed by atoms with van der Waals surface area (Å²) in [7, 11) is 0. The van der Waals surface area contributed by atoms with E-state index in [4.69, 9.17) is 9.40 Å². The Balaban J connectivity index is 1.36. The van der Waals surface area contributed by atoms with Crippen LogP contribution in [0.4, 0.5) is 4.39 Å². The predicted molar refractivity (Wildman–Crippen MR) is 107 cm³/mol. The molecule has 0 radical (unpaired) electrons. The van der Waals surface area contributed by atoms with Gasteiger partial charge in [-0.25, -0.2) is 13.9 Å². The molecule has 6 nitrogen and oxygen atoms in total. The summed E-state index contributed by atoms with van der Waals surface area (Å²) < 4.78 is 20.4. The summed E-state index contributed by atoms with van der Waals surface area (Å²) >= 11 is 0. The number of nitrogens with zero attached hydrogens (tertiary/aromatic N) is 3. The van der Waals surface area contributed by atoms with Gasteiger partial charge in [-0.05, 0) is 50.2 Å². The van der Waals surface area contributed by atoms with Crippen LogP contribution in [-0.4, -0.2) is 32.6 Å². The van der Waals surface area contributed by atoms with Crippen molar-refractivity contribution in [2.75, 3.05) is 13.1 Å². The Kier molecular flexibility index (Phi) is 4.52. The molecule has 0 bridgehead atoms. The average Bonchev–Trinajstić information content (AvgIpc) is 3.38. The number of piperidine rings is 1. The number of nitrogens with one attached hydrogen (secondary N) is 1. The summed E-state index contributed by atoms with van der Waals surface area (Å²) in [5.41, 5.74) is 2.59. The molecule has 1 N–H and O–H groups in total. The monoisotopic (exact) mass is 392 g/mol. The van der Waals surface area contributed by atoms with Crippen molar-refractivity contribution in [2.24, 2.45) is 0 Å². The average molecular weight is 392 g/mol. The fourth-order valence-corrected chi connectivity index (χ4v) is 4.03. The van der Waals surface area contributed by atoms with Crippen molar-refractivity contribution in [3.05, 3.63) is 82.4 Å². The molecule has 0 atom stereocenters. The Hall–Kier alpha value is -3.19. The number of likely N-dealkylation sites (tertiary alicyclic amines) is 1. The van der Waals surface area contributed by atoms with Crippen LogP contribution in [0.2, 0.25) is 0 Å². The smallest absolute Gasteiger partial charge is 0.272 e. The quantitative estimate of drug-likeness (QED) is 0.574. The fraction of sp³-hybridized carbons (Fsp3) is 0.273. The first-order valence-electron chi connectivity index (χ1n) is 9.79. The number of aromatic amines is 1. The Morgan fingerprint density at radius 1 is 1.14 bits per heavy atom. The third kappa shape index (κ3) is 3.61. The maximum Gasteiger partial charge on any atom is 0.272 e. The minimum Gasteiger partial charge on any atom is -0.468 e. The van der Waals surface area contributed by atoms with Crippen LogP contribution in [0.3, 0.4) is 0 Å². The minimum absolute atomic E-state index is 0.148. The molecule has 0 unspecified atom stereocenters. The molecule has 148 valence electrons. The van der Waals surface area contributed by atoms with Gasteiger partial charge in [0.2, 0.25) is 0 Å². The van der Waals surface area contributed by atoms with E-state index >= 15 is 0 Å². The van der Waals surface area contributed by atoms with E-state index in [2.05, 4.69) is 10.00 Å². The van der Waals surface area contributed by atoms with Crippen LogP contribution in [0.1, 0.15) is 30.2 Å². The van der Waals surface area contributed by atoms with Gasteiger partial charge in [0.25, 0.3) is 5.56 Å². The van der Waals surface area contributed by atoms with Gasteiger partial charge in [-0.1, -0.05) is 12.1 Å². The molecule has 29 heavy (non-hydrogen) atoms. The van der Waals surface area contributed by atoms with Gasteiger partial charge < -0.3 is 4.42 Å². The molecule has 0 amide bonds. The van der Waals surface area contributed by atoms with Crippen LogP contribution in [0, 0.1) is 5.82 Å². The van der Waals surface area contributed by atoms with E-state index in [1.807, 2.05) is 12.1 Å². The van der Waals surface area contributed by atoms with Crippen molar-refractivity contribution in [3.63, 3.8) is 0 Å². The van der Waals surface area contributed by atoms with Crippen LogP contribution in [0.15, 0.2) is 64.0 Å².